The minimum absolute atomic E-state index is 0.180. The standard InChI is InChI=1S/C9H13ClN4O2/c10-7-5(12-9(16)13-8(7)15)4-14-3-1-2-6(14)11/h8,11,15H,1-4H2,(H2,12,13,16). The van der Waals surface area contributed by atoms with E-state index in [0.29, 0.717) is 18.1 Å². The Morgan fingerprint density at radius 2 is 2.38 bits per heavy atom. The first-order valence-corrected chi connectivity index (χ1v) is 5.42. The molecule has 0 saturated carbocycles. The maximum atomic E-state index is 11.1. The monoisotopic (exact) mass is 244 g/mol. The minimum atomic E-state index is -1.15. The van der Waals surface area contributed by atoms with Crippen molar-refractivity contribution in [1.82, 2.24) is 15.5 Å². The zero-order valence-corrected chi connectivity index (χ0v) is 9.34. The van der Waals surface area contributed by atoms with E-state index in [2.05, 4.69) is 10.6 Å². The Labute approximate surface area is 97.8 Å². The van der Waals surface area contributed by atoms with Gasteiger partial charge in [0.05, 0.1) is 23.1 Å². The van der Waals surface area contributed by atoms with Crippen LogP contribution >= 0.6 is 11.6 Å². The Bertz CT molecular complexity index is 369. The van der Waals surface area contributed by atoms with Crippen LogP contribution < -0.4 is 10.6 Å². The summed E-state index contributed by atoms with van der Waals surface area (Å²) >= 11 is 5.88. The van der Waals surface area contributed by atoms with Crippen LogP contribution in [0.2, 0.25) is 0 Å². The molecule has 88 valence electrons. The summed E-state index contributed by atoms with van der Waals surface area (Å²) in [6.45, 7) is 1.15. The van der Waals surface area contributed by atoms with Crippen LogP contribution in [0.25, 0.3) is 0 Å². The third kappa shape index (κ3) is 2.12. The van der Waals surface area contributed by atoms with Crippen LogP contribution in [0, 0.1) is 5.41 Å². The van der Waals surface area contributed by atoms with Gasteiger partial charge in [0.25, 0.3) is 0 Å². The van der Waals surface area contributed by atoms with Crippen molar-refractivity contribution >= 4 is 23.5 Å². The van der Waals surface area contributed by atoms with E-state index >= 15 is 0 Å². The molecule has 16 heavy (non-hydrogen) atoms. The molecule has 2 rings (SSSR count). The summed E-state index contributed by atoms with van der Waals surface area (Å²) in [4.78, 5) is 13.0. The van der Waals surface area contributed by atoms with Gasteiger partial charge < -0.3 is 20.6 Å². The van der Waals surface area contributed by atoms with E-state index in [0.717, 1.165) is 19.4 Å². The van der Waals surface area contributed by atoms with Crippen molar-refractivity contribution in [3.05, 3.63) is 10.7 Å². The van der Waals surface area contributed by atoms with Gasteiger partial charge in [-0.25, -0.2) is 4.79 Å². The second kappa shape index (κ2) is 4.31. The molecule has 0 aromatic carbocycles. The van der Waals surface area contributed by atoms with Gasteiger partial charge in [0.2, 0.25) is 0 Å². The Hall–Kier alpha value is -1.27. The predicted molar refractivity (Wildman–Crippen MR) is 59.1 cm³/mol. The molecule has 0 aromatic rings. The number of nitrogens with one attached hydrogen (secondary N) is 3. The van der Waals surface area contributed by atoms with Gasteiger partial charge in [-0.3, -0.25) is 5.41 Å². The normalized spacial score (nSPS) is 25.9. The second-order valence-corrected chi connectivity index (χ2v) is 4.21. The van der Waals surface area contributed by atoms with Gasteiger partial charge in [-0.05, 0) is 6.42 Å². The van der Waals surface area contributed by atoms with Crippen molar-refractivity contribution in [1.29, 1.82) is 5.41 Å². The van der Waals surface area contributed by atoms with Crippen molar-refractivity contribution in [2.24, 2.45) is 0 Å². The first-order valence-electron chi connectivity index (χ1n) is 5.04. The van der Waals surface area contributed by atoms with Crippen LogP contribution in [-0.4, -0.2) is 41.2 Å². The topological polar surface area (TPSA) is 88.5 Å². The first-order chi connectivity index (χ1) is 7.58. The number of likely N-dealkylation sites (tertiary alicyclic amines) is 1. The second-order valence-electron chi connectivity index (χ2n) is 3.80. The summed E-state index contributed by atoms with van der Waals surface area (Å²) in [6.07, 6.45) is 0.542. The van der Waals surface area contributed by atoms with Gasteiger partial charge in [0.1, 0.15) is 0 Å². The number of aliphatic hydroxyl groups is 1. The minimum Gasteiger partial charge on any atom is -0.368 e. The van der Waals surface area contributed by atoms with Crippen molar-refractivity contribution in [3.63, 3.8) is 0 Å². The van der Waals surface area contributed by atoms with E-state index in [4.69, 9.17) is 17.0 Å². The highest BCUT2D eigenvalue weighted by Gasteiger charge is 2.26. The van der Waals surface area contributed by atoms with Gasteiger partial charge in [0, 0.05) is 13.0 Å². The maximum absolute atomic E-state index is 11.1. The fourth-order valence-corrected chi connectivity index (χ4v) is 1.96. The SMILES string of the molecule is N=C1CCCN1CC1=C(Cl)C(O)NC(=O)N1. The average molecular weight is 245 g/mol. The number of hydrogen-bond acceptors (Lipinski definition) is 3. The molecule has 0 aromatic heterocycles. The lowest BCUT2D eigenvalue weighted by molar-refractivity contribution is 0.168. The third-order valence-corrected chi connectivity index (χ3v) is 3.07. The summed E-state index contributed by atoms with van der Waals surface area (Å²) < 4.78 is 0. The molecular weight excluding hydrogens is 232 g/mol. The summed E-state index contributed by atoms with van der Waals surface area (Å²) in [7, 11) is 0. The average Bonchev–Trinajstić information content (AvgIpc) is 2.60. The maximum Gasteiger partial charge on any atom is 0.321 e. The van der Waals surface area contributed by atoms with Crippen LogP contribution in [0.5, 0.6) is 0 Å². The quantitative estimate of drug-likeness (QED) is 0.557. The number of aliphatic hydroxyl groups excluding tert-OH is 1. The van der Waals surface area contributed by atoms with Crippen LogP contribution in [0.1, 0.15) is 12.8 Å². The number of halogens is 1. The number of urea groups is 1. The number of carbonyl (C=O) groups is 1. The number of hydrogen-bond donors (Lipinski definition) is 4. The molecule has 0 radical (unpaired) electrons. The highest BCUT2D eigenvalue weighted by atomic mass is 35.5. The van der Waals surface area contributed by atoms with Gasteiger partial charge >= 0.3 is 6.03 Å². The summed E-state index contributed by atoms with van der Waals surface area (Å²) in [5.74, 6) is 0.541. The molecule has 2 heterocycles. The molecule has 0 spiro atoms. The van der Waals surface area contributed by atoms with Crippen LogP contribution in [0.3, 0.4) is 0 Å². The lowest BCUT2D eigenvalue weighted by Gasteiger charge is -2.27. The molecule has 6 nitrogen and oxygen atoms in total. The van der Waals surface area contributed by atoms with Crippen molar-refractivity contribution in [3.8, 4) is 0 Å². The van der Waals surface area contributed by atoms with E-state index in [1.165, 1.54) is 0 Å². The van der Waals surface area contributed by atoms with Crippen LogP contribution in [-0.2, 0) is 0 Å². The molecular formula is C9H13ClN4O2. The molecule has 0 aliphatic carbocycles. The van der Waals surface area contributed by atoms with Gasteiger partial charge in [0.15, 0.2) is 6.23 Å². The van der Waals surface area contributed by atoms with Crippen molar-refractivity contribution in [2.45, 2.75) is 19.1 Å². The van der Waals surface area contributed by atoms with Gasteiger partial charge in [-0.2, -0.15) is 0 Å². The highest BCUT2D eigenvalue weighted by Crippen LogP contribution is 2.18. The third-order valence-electron chi connectivity index (χ3n) is 2.63. The fourth-order valence-electron chi connectivity index (χ4n) is 1.80. The molecule has 7 heteroatoms. The highest BCUT2D eigenvalue weighted by molar-refractivity contribution is 6.31. The van der Waals surface area contributed by atoms with E-state index in [1.807, 2.05) is 4.90 Å². The molecule has 2 aliphatic rings. The zero-order chi connectivity index (χ0) is 11.7. The smallest absolute Gasteiger partial charge is 0.321 e. The molecule has 4 N–H and O–H groups in total. The molecule has 2 amide bonds. The Morgan fingerprint density at radius 3 is 3.00 bits per heavy atom. The molecule has 1 unspecified atom stereocenters. The largest absolute Gasteiger partial charge is 0.368 e. The molecule has 0 bridgehead atoms. The number of amidine groups is 1. The summed E-state index contributed by atoms with van der Waals surface area (Å²) in [6, 6.07) is -0.474. The van der Waals surface area contributed by atoms with E-state index in [-0.39, 0.29) is 5.03 Å². The van der Waals surface area contributed by atoms with E-state index in [1.54, 1.807) is 0 Å². The van der Waals surface area contributed by atoms with Gasteiger partial charge in [-0.15, -0.1) is 0 Å². The summed E-state index contributed by atoms with van der Waals surface area (Å²) in [5.41, 5.74) is 0.463. The number of amides is 2. The Morgan fingerprint density at radius 1 is 1.62 bits per heavy atom. The first kappa shape index (κ1) is 11.2. The van der Waals surface area contributed by atoms with Crippen LogP contribution in [0.15, 0.2) is 10.7 Å². The molecule has 1 saturated heterocycles. The number of rotatable bonds is 2. The Balaban J connectivity index is 2.10. The predicted octanol–water partition coefficient (Wildman–Crippen LogP) is 0.141. The summed E-state index contributed by atoms with van der Waals surface area (Å²) in [5, 5.41) is 22.0. The van der Waals surface area contributed by atoms with E-state index < -0.39 is 12.3 Å². The molecule has 1 fully saturated rings. The lowest BCUT2D eigenvalue weighted by Crippen LogP contribution is -2.49. The number of nitrogens with zero attached hydrogens (tertiary/aromatic N) is 1. The Kier molecular flexibility index (Phi) is 3.02. The van der Waals surface area contributed by atoms with Crippen molar-refractivity contribution < 1.29 is 9.90 Å². The zero-order valence-electron chi connectivity index (χ0n) is 8.59. The van der Waals surface area contributed by atoms with E-state index in [9.17, 15) is 9.90 Å². The van der Waals surface area contributed by atoms with Crippen molar-refractivity contribution in [2.75, 3.05) is 13.1 Å². The fraction of sp³-hybridized carbons (Fsp3) is 0.556. The lowest BCUT2D eigenvalue weighted by atomic mass is 10.3. The van der Waals surface area contributed by atoms with Gasteiger partial charge in [-0.1, -0.05) is 11.6 Å². The molecule has 1 atom stereocenters. The molecule has 2 aliphatic heterocycles. The number of carbonyl (C=O) groups excluding carboxylic acids is 1. The van der Waals surface area contributed by atoms with Crippen LogP contribution in [0.4, 0.5) is 4.79 Å².